The fourth-order valence-corrected chi connectivity index (χ4v) is 3.52. The number of hydrogen-bond donors (Lipinski definition) is 1. The van der Waals surface area contributed by atoms with E-state index < -0.39 is 0 Å². The fraction of sp³-hybridized carbons (Fsp3) is 1.00. The van der Waals surface area contributed by atoms with Gasteiger partial charge in [0.15, 0.2) is 0 Å². The Labute approximate surface area is 110 Å². The maximum atomic E-state index is 5.54. The number of methoxy groups -OCH3 is 1. The zero-order valence-electron chi connectivity index (χ0n) is 11.2. The minimum Gasteiger partial charge on any atom is -0.385 e. The molecule has 1 aliphatic carbocycles. The van der Waals surface area contributed by atoms with Crippen molar-refractivity contribution in [1.82, 2.24) is 5.32 Å². The van der Waals surface area contributed by atoms with E-state index in [1.165, 1.54) is 25.0 Å². The van der Waals surface area contributed by atoms with Gasteiger partial charge in [-0.25, -0.2) is 0 Å². The first kappa shape index (κ1) is 15.3. The third kappa shape index (κ3) is 6.65. The zero-order valence-corrected chi connectivity index (χ0v) is 12.1. The van der Waals surface area contributed by atoms with Gasteiger partial charge in [0.2, 0.25) is 0 Å². The van der Waals surface area contributed by atoms with Gasteiger partial charge in [0.25, 0.3) is 0 Å². The summed E-state index contributed by atoms with van der Waals surface area (Å²) in [5, 5.41) is 4.46. The second-order valence-corrected chi connectivity index (χ2v) is 5.96. The Morgan fingerprint density at radius 3 is 2.88 bits per heavy atom. The van der Waals surface area contributed by atoms with Crippen LogP contribution in [0.4, 0.5) is 0 Å². The minimum atomic E-state index is 0.711. The van der Waals surface area contributed by atoms with E-state index >= 15 is 0 Å². The van der Waals surface area contributed by atoms with Gasteiger partial charge >= 0.3 is 0 Å². The number of thioether (sulfide) groups is 1. The molecule has 2 unspecified atom stereocenters. The normalized spacial score (nSPS) is 24.4. The van der Waals surface area contributed by atoms with Crippen LogP contribution >= 0.6 is 11.8 Å². The molecule has 1 saturated carbocycles. The van der Waals surface area contributed by atoms with Gasteiger partial charge in [0.1, 0.15) is 0 Å². The molecule has 0 heterocycles. The van der Waals surface area contributed by atoms with Gasteiger partial charge in [0, 0.05) is 38.2 Å². The van der Waals surface area contributed by atoms with E-state index in [1.807, 2.05) is 0 Å². The van der Waals surface area contributed by atoms with Gasteiger partial charge in [-0.15, -0.1) is 0 Å². The molecule has 0 aromatic rings. The lowest BCUT2D eigenvalue weighted by atomic mass is 10.2. The molecule has 3 nitrogen and oxygen atoms in total. The van der Waals surface area contributed by atoms with Crippen molar-refractivity contribution in [2.24, 2.45) is 0 Å². The summed E-state index contributed by atoms with van der Waals surface area (Å²) in [5.74, 6) is 1.23. The Morgan fingerprint density at radius 1 is 1.24 bits per heavy atom. The molecule has 0 saturated heterocycles. The predicted molar refractivity (Wildman–Crippen MR) is 74.9 cm³/mol. The standard InChI is InChI=1S/C13H27NO2S/c1-3-17-13-7-4-6-12(13)14-8-11-16-10-5-9-15-2/h12-14H,3-11H2,1-2H3. The highest BCUT2D eigenvalue weighted by Crippen LogP contribution is 2.29. The van der Waals surface area contributed by atoms with E-state index in [4.69, 9.17) is 9.47 Å². The Hall–Kier alpha value is 0.230. The molecular formula is C13H27NO2S. The van der Waals surface area contributed by atoms with Gasteiger partial charge in [-0.3, -0.25) is 0 Å². The van der Waals surface area contributed by atoms with Crippen molar-refractivity contribution in [2.45, 2.75) is 43.9 Å². The molecule has 1 aliphatic rings. The highest BCUT2D eigenvalue weighted by molar-refractivity contribution is 7.99. The monoisotopic (exact) mass is 261 g/mol. The highest BCUT2D eigenvalue weighted by Gasteiger charge is 2.26. The summed E-state index contributed by atoms with van der Waals surface area (Å²) in [7, 11) is 1.73. The van der Waals surface area contributed by atoms with Crippen LogP contribution in [0.2, 0.25) is 0 Å². The maximum Gasteiger partial charge on any atom is 0.0591 e. The molecule has 1 N–H and O–H groups in total. The van der Waals surface area contributed by atoms with Crippen LogP contribution in [0.15, 0.2) is 0 Å². The summed E-state index contributed by atoms with van der Waals surface area (Å²) in [6.07, 6.45) is 5.09. The molecule has 1 rings (SSSR count). The quantitative estimate of drug-likeness (QED) is 0.611. The van der Waals surface area contributed by atoms with Crippen LogP contribution in [-0.2, 0) is 9.47 Å². The Balaban J connectivity index is 1.94. The highest BCUT2D eigenvalue weighted by atomic mass is 32.2. The number of nitrogens with one attached hydrogen (secondary N) is 1. The largest absolute Gasteiger partial charge is 0.385 e. The van der Waals surface area contributed by atoms with E-state index in [0.29, 0.717) is 6.04 Å². The first-order chi connectivity index (χ1) is 8.38. The average molecular weight is 261 g/mol. The molecule has 4 heteroatoms. The summed E-state index contributed by atoms with van der Waals surface area (Å²) in [4.78, 5) is 0. The third-order valence-corrected chi connectivity index (χ3v) is 4.45. The first-order valence-corrected chi connectivity index (χ1v) is 7.85. The Morgan fingerprint density at radius 2 is 2.12 bits per heavy atom. The van der Waals surface area contributed by atoms with Crippen LogP contribution in [0.25, 0.3) is 0 Å². The second kappa shape index (κ2) is 10.2. The van der Waals surface area contributed by atoms with Crippen molar-refractivity contribution in [3.8, 4) is 0 Å². The van der Waals surface area contributed by atoms with Crippen molar-refractivity contribution >= 4 is 11.8 Å². The van der Waals surface area contributed by atoms with E-state index in [2.05, 4.69) is 24.0 Å². The lowest BCUT2D eigenvalue weighted by Crippen LogP contribution is -2.36. The molecule has 0 spiro atoms. The molecule has 17 heavy (non-hydrogen) atoms. The Bertz CT molecular complexity index is 181. The lowest BCUT2D eigenvalue weighted by Gasteiger charge is -2.20. The summed E-state index contributed by atoms with van der Waals surface area (Å²) < 4.78 is 10.5. The molecule has 0 aromatic heterocycles. The van der Waals surface area contributed by atoms with Gasteiger partial charge < -0.3 is 14.8 Å². The molecule has 0 bridgehead atoms. The van der Waals surface area contributed by atoms with Crippen LogP contribution < -0.4 is 5.32 Å². The molecule has 0 radical (unpaired) electrons. The number of rotatable bonds is 10. The van der Waals surface area contributed by atoms with Crippen LogP contribution in [-0.4, -0.2) is 50.5 Å². The molecule has 0 aliphatic heterocycles. The summed E-state index contributed by atoms with van der Waals surface area (Å²) >= 11 is 2.10. The van der Waals surface area contributed by atoms with E-state index in [0.717, 1.165) is 38.0 Å². The second-order valence-electron chi connectivity index (χ2n) is 4.44. The molecular weight excluding hydrogens is 234 g/mol. The molecule has 2 atom stereocenters. The van der Waals surface area contributed by atoms with Gasteiger partial charge in [0.05, 0.1) is 6.61 Å². The van der Waals surface area contributed by atoms with Crippen LogP contribution in [0, 0.1) is 0 Å². The van der Waals surface area contributed by atoms with Gasteiger partial charge in [-0.1, -0.05) is 13.3 Å². The van der Waals surface area contributed by atoms with Crippen LogP contribution in [0.3, 0.4) is 0 Å². The van der Waals surface area contributed by atoms with Crippen molar-refractivity contribution in [2.75, 3.05) is 39.2 Å². The van der Waals surface area contributed by atoms with Gasteiger partial charge in [-0.2, -0.15) is 11.8 Å². The van der Waals surface area contributed by atoms with E-state index in [1.54, 1.807) is 7.11 Å². The average Bonchev–Trinajstić information content (AvgIpc) is 2.76. The number of ether oxygens (including phenoxy) is 2. The maximum absolute atomic E-state index is 5.54. The van der Waals surface area contributed by atoms with Crippen LogP contribution in [0.1, 0.15) is 32.6 Å². The molecule has 102 valence electrons. The minimum absolute atomic E-state index is 0.711. The first-order valence-electron chi connectivity index (χ1n) is 6.80. The van der Waals surface area contributed by atoms with Crippen molar-refractivity contribution in [1.29, 1.82) is 0 Å². The van der Waals surface area contributed by atoms with Crippen molar-refractivity contribution < 1.29 is 9.47 Å². The number of hydrogen-bond acceptors (Lipinski definition) is 4. The fourth-order valence-electron chi connectivity index (χ4n) is 2.30. The molecule has 0 aromatic carbocycles. The van der Waals surface area contributed by atoms with Crippen molar-refractivity contribution in [3.63, 3.8) is 0 Å². The predicted octanol–water partition coefficient (Wildman–Crippen LogP) is 2.30. The lowest BCUT2D eigenvalue weighted by molar-refractivity contribution is 0.103. The molecule has 0 amide bonds. The van der Waals surface area contributed by atoms with E-state index in [-0.39, 0.29) is 0 Å². The van der Waals surface area contributed by atoms with Gasteiger partial charge in [-0.05, 0) is 25.0 Å². The van der Waals surface area contributed by atoms with E-state index in [9.17, 15) is 0 Å². The van der Waals surface area contributed by atoms with Crippen molar-refractivity contribution in [3.05, 3.63) is 0 Å². The smallest absolute Gasteiger partial charge is 0.0591 e. The topological polar surface area (TPSA) is 30.5 Å². The SMILES string of the molecule is CCSC1CCCC1NCCOCCCOC. The summed E-state index contributed by atoms with van der Waals surface area (Å²) in [6.45, 7) is 5.67. The van der Waals surface area contributed by atoms with Crippen LogP contribution in [0.5, 0.6) is 0 Å². The molecule has 1 fully saturated rings. The third-order valence-electron chi connectivity index (χ3n) is 3.12. The Kier molecular flexibility index (Phi) is 9.16. The summed E-state index contributed by atoms with van der Waals surface area (Å²) in [5.41, 5.74) is 0. The summed E-state index contributed by atoms with van der Waals surface area (Å²) in [6, 6.07) is 0.711. The zero-order chi connectivity index (χ0) is 12.3.